The fourth-order valence-corrected chi connectivity index (χ4v) is 3.82. The first-order valence-corrected chi connectivity index (χ1v) is 10.0. The molecule has 1 aliphatic carbocycles. The highest BCUT2D eigenvalue weighted by atomic mass is 35.5. The SMILES string of the molecule is CCc1cccc(Cl)c1COc1ccc2c(c1)CCC(NCOCC(N)=O)C2. The molecular formula is C22H27ClN2O3. The molecule has 0 bridgehead atoms. The zero-order chi connectivity index (χ0) is 19.9. The molecule has 0 fully saturated rings. The third-order valence-electron chi connectivity index (χ3n) is 5.10. The van der Waals surface area contributed by atoms with Crippen molar-refractivity contribution in [3.05, 3.63) is 63.7 Å². The van der Waals surface area contributed by atoms with E-state index in [9.17, 15) is 4.79 Å². The van der Waals surface area contributed by atoms with Crippen LogP contribution in [0.3, 0.4) is 0 Å². The molecule has 0 aromatic heterocycles. The molecule has 3 N–H and O–H groups in total. The summed E-state index contributed by atoms with van der Waals surface area (Å²) in [5.41, 5.74) is 9.98. The number of benzene rings is 2. The number of nitrogens with two attached hydrogens (primary N) is 1. The molecule has 1 atom stereocenters. The lowest BCUT2D eigenvalue weighted by molar-refractivity contribution is -0.122. The summed E-state index contributed by atoms with van der Waals surface area (Å²) in [5, 5.41) is 4.08. The van der Waals surface area contributed by atoms with Crippen molar-refractivity contribution in [1.29, 1.82) is 0 Å². The average Bonchev–Trinajstić information content (AvgIpc) is 2.69. The molecule has 5 nitrogen and oxygen atoms in total. The molecule has 0 spiro atoms. The number of amides is 1. The highest BCUT2D eigenvalue weighted by molar-refractivity contribution is 6.31. The second kappa shape index (κ2) is 9.92. The average molecular weight is 403 g/mol. The number of nitrogens with one attached hydrogen (secondary N) is 1. The number of carbonyl (C=O) groups excluding carboxylic acids is 1. The van der Waals surface area contributed by atoms with E-state index in [0.29, 0.717) is 19.4 Å². The molecule has 0 aliphatic heterocycles. The van der Waals surface area contributed by atoms with Crippen molar-refractivity contribution < 1.29 is 14.3 Å². The van der Waals surface area contributed by atoms with Crippen LogP contribution in [0.15, 0.2) is 36.4 Å². The van der Waals surface area contributed by atoms with Gasteiger partial charge in [0.2, 0.25) is 5.91 Å². The van der Waals surface area contributed by atoms with Crippen LogP contribution in [0.2, 0.25) is 5.02 Å². The Morgan fingerprint density at radius 3 is 2.93 bits per heavy atom. The molecule has 0 saturated heterocycles. The summed E-state index contributed by atoms with van der Waals surface area (Å²) in [7, 11) is 0. The van der Waals surface area contributed by atoms with Crippen LogP contribution in [0.1, 0.15) is 35.6 Å². The fourth-order valence-electron chi connectivity index (χ4n) is 3.58. The molecule has 1 amide bonds. The predicted molar refractivity (Wildman–Crippen MR) is 111 cm³/mol. The first-order valence-electron chi connectivity index (χ1n) is 9.67. The van der Waals surface area contributed by atoms with Gasteiger partial charge in [-0.15, -0.1) is 0 Å². The number of halogens is 1. The topological polar surface area (TPSA) is 73.6 Å². The molecule has 1 unspecified atom stereocenters. The van der Waals surface area contributed by atoms with Crippen molar-refractivity contribution in [1.82, 2.24) is 5.32 Å². The highest BCUT2D eigenvalue weighted by Crippen LogP contribution is 2.27. The molecular weight excluding hydrogens is 376 g/mol. The van der Waals surface area contributed by atoms with Gasteiger partial charge >= 0.3 is 0 Å². The molecule has 150 valence electrons. The number of hydrogen-bond acceptors (Lipinski definition) is 4. The van der Waals surface area contributed by atoms with Crippen molar-refractivity contribution in [2.75, 3.05) is 13.3 Å². The number of fused-ring (bicyclic) bond motifs is 1. The Labute approximate surface area is 171 Å². The second-order valence-electron chi connectivity index (χ2n) is 7.05. The lowest BCUT2D eigenvalue weighted by atomic mass is 9.88. The number of aryl methyl sites for hydroxylation is 2. The number of hydrogen-bond donors (Lipinski definition) is 2. The summed E-state index contributed by atoms with van der Waals surface area (Å²) >= 11 is 6.35. The van der Waals surface area contributed by atoms with Crippen LogP contribution in [0.25, 0.3) is 0 Å². The first kappa shape index (κ1) is 20.6. The summed E-state index contributed by atoms with van der Waals surface area (Å²) < 4.78 is 11.2. The zero-order valence-corrected chi connectivity index (χ0v) is 16.9. The molecule has 2 aromatic rings. The maximum atomic E-state index is 10.7. The van der Waals surface area contributed by atoms with Gasteiger partial charge in [0.15, 0.2) is 0 Å². The third kappa shape index (κ3) is 5.47. The van der Waals surface area contributed by atoms with Crippen LogP contribution in [0.4, 0.5) is 0 Å². The van der Waals surface area contributed by atoms with E-state index in [1.54, 1.807) is 0 Å². The van der Waals surface area contributed by atoms with Crippen molar-refractivity contribution in [3.63, 3.8) is 0 Å². The van der Waals surface area contributed by atoms with E-state index in [1.165, 1.54) is 16.7 Å². The van der Waals surface area contributed by atoms with Gasteiger partial charge in [-0.3, -0.25) is 10.1 Å². The van der Waals surface area contributed by atoms with Gasteiger partial charge in [-0.2, -0.15) is 0 Å². The van der Waals surface area contributed by atoms with Crippen LogP contribution >= 0.6 is 11.6 Å². The maximum absolute atomic E-state index is 10.7. The molecule has 0 radical (unpaired) electrons. The van der Waals surface area contributed by atoms with Gasteiger partial charge in [0.05, 0.1) is 6.73 Å². The normalized spacial score (nSPS) is 15.9. The molecule has 0 saturated carbocycles. The summed E-state index contributed by atoms with van der Waals surface area (Å²) in [6.07, 6.45) is 3.86. The highest BCUT2D eigenvalue weighted by Gasteiger charge is 2.19. The Morgan fingerprint density at radius 1 is 1.29 bits per heavy atom. The van der Waals surface area contributed by atoms with E-state index in [-0.39, 0.29) is 6.61 Å². The van der Waals surface area contributed by atoms with E-state index in [4.69, 9.17) is 26.8 Å². The lowest BCUT2D eigenvalue weighted by Crippen LogP contribution is -2.36. The van der Waals surface area contributed by atoms with Crippen molar-refractivity contribution in [3.8, 4) is 5.75 Å². The summed E-state index contributed by atoms with van der Waals surface area (Å²) in [4.78, 5) is 10.7. The monoisotopic (exact) mass is 402 g/mol. The second-order valence-corrected chi connectivity index (χ2v) is 7.46. The molecule has 1 aliphatic rings. The molecule has 6 heteroatoms. The van der Waals surface area contributed by atoms with Crippen molar-refractivity contribution in [2.45, 2.75) is 45.3 Å². The van der Waals surface area contributed by atoms with Crippen LogP contribution < -0.4 is 15.8 Å². The van der Waals surface area contributed by atoms with Gasteiger partial charge in [-0.05, 0) is 60.6 Å². The largest absolute Gasteiger partial charge is 0.489 e. The van der Waals surface area contributed by atoms with Gasteiger partial charge in [-0.25, -0.2) is 0 Å². The van der Waals surface area contributed by atoms with Gasteiger partial charge in [0.25, 0.3) is 0 Å². The standard InChI is InChI=1S/C22H27ClN2O3/c1-2-15-4-3-5-21(23)20(15)12-28-19-9-7-16-10-18(8-6-17(16)11-19)25-14-27-13-22(24)26/h3-5,7,9,11,18,25H,2,6,8,10,12-14H2,1H3,(H2,24,26). The van der Waals surface area contributed by atoms with Gasteiger partial charge in [-0.1, -0.05) is 36.7 Å². The van der Waals surface area contributed by atoms with E-state index in [0.717, 1.165) is 42.0 Å². The maximum Gasteiger partial charge on any atom is 0.243 e. The Bertz CT molecular complexity index is 825. The molecule has 2 aromatic carbocycles. The van der Waals surface area contributed by atoms with E-state index >= 15 is 0 Å². The predicted octanol–water partition coefficient (Wildman–Crippen LogP) is 3.39. The molecule has 28 heavy (non-hydrogen) atoms. The lowest BCUT2D eigenvalue weighted by Gasteiger charge is -2.26. The van der Waals surface area contributed by atoms with Crippen LogP contribution in [0, 0.1) is 0 Å². The van der Waals surface area contributed by atoms with Crippen molar-refractivity contribution >= 4 is 17.5 Å². The minimum Gasteiger partial charge on any atom is -0.489 e. The zero-order valence-electron chi connectivity index (χ0n) is 16.2. The van der Waals surface area contributed by atoms with Gasteiger partial charge in [0, 0.05) is 16.6 Å². The molecule has 0 heterocycles. The number of rotatable bonds is 9. The summed E-state index contributed by atoms with van der Waals surface area (Å²) in [6, 6.07) is 12.6. The van der Waals surface area contributed by atoms with Crippen LogP contribution in [-0.2, 0) is 35.4 Å². The Morgan fingerprint density at radius 2 is 2.14 bits per heavy atom. The fraction of sp³-hybridized carbons (Fsp3) is 0.409. The van der Waals surface area contributed by atoms with Gasteiger partial charge in [0.1, 0.15) is 19.0 Å². The van der Waals surface area contributed by atoms with Crippen LogP contribution in [0.5, 0.6) is 5.75 Å². The van der Waals surface area contributed by atoms with Crippen LogP contribution in [-0.4, -0.2) is 25.3 Å². The third-order valence-corrected chi connectivity index (χ3v) is 5.46. The minimum absolute atomic E-state index is 0.0534. The quantitative estimate of drug-likeness (QED) is 0.498. The minimum atomic E-state index is -0.453. The Balaban J connectivity index is 1.56. The first-order chi connectivity index (χ1) is 13.6. The Kier molecular flexibility index (Phi) is 7.31. The number of ether oxygens (including phenoxy) is 2. The number of primary amides is 1. The number of carbonyl (C=O) groups is 1. The summed E-state index contributed by atoms with van der Waals surface area (Å²) in [6.45, 7) is 2.88. The van der Waals surface area contributed by atoms with Crippen molar-refractivity contribution in [2.24, 2.45) is 5.73 Å². The van der Waals surface area contributed by atoms with Gasteiger partial charge < -0.3 is 15.2 Å². The molecule has 3 rings (SSSR count). The van der Waals surface area contributed by atoms with E-state index in [2.05, 4.69) is 30.4 Å². The van der Waals surface area contributed by atoms with E-state index < -0.39 is 5.91 Å². The van der Waals surface area contributed by atoms with E-state index in [1.807, 2.05) is 18.2 Å². The summed E-state index contributed by atoms with van der Waals surface area (Å²) in [5.74, 6) is 0.420. The smallest absolute Gasteiger partial charge is 0.243 e. The Hall–Kier alpha value is -2.08.